The van der Waals surface area contributed by atoms with Crippen molar-refractivity contribution in [3.05, 3.63) is 70.3 Å². The summed E-state index contributed by atoms with van der Waals surface area (Å²) in [6.07, 6.45) is 2.57. The number of rotatable bonds is 7. The first-order chi connectivity index (χ1) is 13.8. The van der Waals surface area contributed by atoms with Gasteiger partial charge in [0.15, 0.2) is 9.84 Å². The summed E-state index contributed by atoms with van der Waals surface area (Å²) in [5, 5.41) is 26.1. The van der Waals surface area contributed by atoms with Crippen LogP contribution in [-0.4, -0.2) is 44.0 Å². The molecule has 0 aliphatic carbocycles. The maximum absolute atomic E-state index is 11.6. The number of hydrogen-bond donors (Lipinski definition) is 2. The molecule has 0 aliphatic heterocycles. The number of hydrogen-bond acceptors (Lipinski definition) is 7. The molecule has 150 valence electrons. The molecule has 2 N–H and O–H groups in total. The highest BCUT2D eigenvalue weighted by molar-refractivity contribution is 7.90. The average molecular weight is 413 g/mol. The Hall–Kier alpha value is -3.46. The standard InChI is InChI=1S/C20H19N3O5S/c1-29(27,28)15-7-8-18(19(12-15)23(25)26)22-11-10-21-13-17-16-5-3-2-4-14(16)6-9-20(17)24/h2-9,12-13,22,24H,10-11H2,1H3. The normalized spacial score (nSPS) is 11.8. The Morgan fingerprint density at radius 1 is 1.17 bits per heavy atom. The van der Waals surface area contributed by atoms with Crippen LogP contribution in [0.4, 0.5) is 11.4 Å². The summed E-state index contributed by atoms with van der Waals surface area (Å²) < 4.78 is 23.2. The Bertz CT molecular complexity index is 1210. The summed E-state index contributed by atoms with van der Waals surface area (Å²) in [6, 6.07) is 14.8. The Kier molecular flexibility index (Phi) is 5.79. The third-order valence-corrected chi connectivity index (χ3v) is 5.43. The lowest BCUT2D eigenvalue weighted by Crippen LogP contribution is -2.08. The van der Waals surface area contributed by atoms with E-state index >= 15 is 0 Å². The van der Waals surface area contributed by atoms with Gasteiger partial charge in [-0.25, -0.2) is 8.42 Å². The van der Waals surface area contributed by atoms with Crippen molar-refractivity contribution in [1.29, 1.82) is 0 Å². The molecule has 9 heteroatoms. The van der Waals surface area contributed by atoms with Crippen LogP contribution >= 0.6 is 0 Å². The summed E-state index contributed by atoms with van der Waals surface area (Å²) in [5.74, 6) is 0.118. The number of nitro groups is 1. The van der Waals surface area contributed by atoms with Gasteiger partial charge in [-0.3, -0.25) is 15.1 Å². The van der Waals surface area contributed by atoms with Gasteiger partial charge in [-0.15, -0.1) is 0 Å². The highest BCUT2D eigenvalue weighted by Crippen LogP contribution is 2.28. The van der Waals surface area contributed by atoms with Crippen molar-refractivity contribution in [1.82, 2.24) is 0 Å². The lowest BCUT2D eigenvalue weighted by atomic mass is 10.0. The second kappa shape index (κ2) is 8.27. The van der Waals surface area contributed by atoms with E-state index in [1.165, 1.54) is 12.1 Å². The lowest BCUT2D eigenvalue weighted by Gasteiger charge is -2.07. The molecule has 0 heterocycles. The molecule has 3 aromatic rings. The van der Waals surface area contributed by atoms with Crippen LogP contribution in [0.15, 0.2) is 64.5 Å². The SMILES string of the molecule is CS(=O)(=O)c1ccc(NCCN=Cc2c(O)ccc3ccccc23)c([N+](=O)[O-])c1. The van der Waals surface area contributed by atoms with Crippen LogP contribution in [0.3, 0.4) is 0 Å². The molecule has 0 saturated carbocycles. The van der Waals surface area contributed by atoms with E-state index in [9.17, 15) is 23.6 Å². The quantitative estimate of drug-likeness (QED) is 0.265. The Morgan fingerprint density at radius 2 is 1.93 bits per heavy atom. The number of nitrogens with one attached hydrogen (secondary N) is 1. The Balaban J connectivity index is 1.71. The second-order valence-corrected chi connectivity index (χ2v) is 8.41. The van der Waals surface area contributed by atoms with E-state index in [1.54, 1.807) is 12.3 Å². The first-order valence-corrected chi connectivity index (χ1v) is 10.6. The third-order valence-electron chi connectivity index (χ3n) is 4.32. The van der Waals surface area contributed by atoms with E-state index < -0.39 is 14.8 Å². The van der Waals surface area contributed by atoms with Crippen molar-refractivity contribution in [3.63, 3.8) is 0 Å². The third kappa shape index (κ3) is 4.69. The summed E-state index contributed by atoms with van der Waals surface area (Å²) in [6.45, 7) is 0.592. The molecule has 0 bridgehead atoms. The van der Waals surface area contributed by atoms with Crippen LogP contribution in [0.1, 0.15) is 5.56 Å². The van der Waals surface area contributed by atoms with Gasteiger partial charge in [0.25, 0.3) is 5.69 Å². The summed E-state index contributed by atoms with van der Waals surface area (Å²) in [7, 11) is -3.54. The number of fused-ring (bicyclic) bond motifs is 1. The van der Waals surface area contributed by atoms with Gasteiger partial charge in [-0.05, 0) is 29.0 Å². The van der Waals surface area contributed by atoms with E-state index in [0.29, 0.717) is 18.7 Å². The fourth-order valence-electron chi connectivity index (χ4n) is 2.87. The molecule has 8 nitrogen and oxygen atoms in total. The van der Waals surface area contributed by atoms with Crippen LogP contribution in [0, 0.1) is 10.1 Å². The van der Waals surface area contributed by atoms with Gasteiger partial charge in [0, 0.05) is 30.6 Å². The number of phenolic OH excluding ortho intramolecular Hbond substituents is 1. The molecule has 0 amide bonds. The first kappa shape index (κ1) is 20.3. The van der Waals surface area contributed by atoms with E-state index in [-0.39, 0.29) is 22.0 Å². The predicted molar refractivity (Wildman–Crippen MR) is 113 cm³/mol. The van der Waals surface area contributed by atoms with Gasteiger partial charge in [-0.1, -0.05) is 30.3 Å². The molecule has 0 spiro atoms. The number of benzene rings is 3. The van der Waals surface area contributed by atoms with Crippen LogP contribution < -0.4 is 5.32 Å². The number of nitro benzene ring substituents is 1. The largest absolute Gasteiger partial charge is 0.507 e. The van der Waals surface area contributed by atoms with E-state index in [0.717, 1.165) is 23.1 Å². The fraction of sp³-hybridized carbons (Fsp3) is 0.150. The molecule has 0 unspecified atom stereocenters. The zero-order valence-electron chi connectivity index (χ0n) is 15.6. The molecule has 3 rings (SSSR count). The number of aromatic hydroxyl groups is 1. The molecule has 0 fully saturated rings. The number of sulfone groups is 1. The van der Waals surface area contributed by atoms with E-state index in [1.807, 2.05) is 30.3 Å². The van der Waals surface area contributed by atoms with Crippen LogP contribution in [0.25, 0.3) is 10.8 Å². The molecule has 0 atom stereocenters. The van der Waals surface area contributed by atoms with Crippen molar-refractivity contribution >= 4 is 38.2 Å². The highest BCUT2D eigenvalue weighted by Gasteiger charge is 2.18. The van der Waals surface area contributed by atoms with Gasteiger partial charge in [0.05, 0.1) is 16.4 Å². The molecule has 29 heavy (non-hydrogen) atoms. The van der Waals surface area contributed by atoms with Crippen LogP contribution in [0.5, 0.6) is 5.75 Å². The van der Waals surface area contributed by atoms with Crippen LogP contribution in [-0.2, 0) is 9.84 Å². The molecular weight excluding hydrogens is 394 g/mol. The van der Waals surface area contributed by atoms with Gasteiger partial charge < -0.3 is 10.4 Å². The lowest BCUT2D eigenvalue weighted by molar-refractivity contribution is -0.384. The van der Waals surface area contributed by atoms with E-state index in [2.05, 4.69) is 10.3 Å². The smallest absolute Gasteiger partial charge is 0.293 e. The van der Waals surface area contributed by atoms with Gasteiger partial charge in [0.1, 0.15) is 11.4 Å². The maximum Gasteiger partial charge on any atom is 0.293 e. The van der Waals surface area contributed by atoms with Crippen molar-refractivity contribution in [2.45, 2.75) is 4.90 Å². The summed E-state index contributed by atoms with van der Waals surface area (Å²) in [5.41, 5.74) is 0.501. The zero-order valence-corrected chi connectivity index (χ0v) is 16.4. The predicted octanol–water partition coefficient (Wildman–Crippen LogP) is 3.39. The van der Waals surface area contributed by atoms with Crippen LogP contribution in [0.2, 0.25) is 0 Å². The summed E-state index contributed by atoms with van der Waals surface area (Å²) >= 11 is 0. The van der Waals surface area contributed by atoms with Crippen molar-refractivity contribution in [3.8, 4) is 5.75 Å². The molecule has 0 aromatic heterocycles. The average Bonchev–Trinajstić information content (AvgIpc) is 2.68. The van der Waals surface area contributed by atoms with Gasteiger partial charge in [0.2, 0.25) is 0 Å². The maximum atomic E-state index is 11.6. The van der Waals surface area contributed by atoms with Crippen molar-refractivity contribution < 1.29 is 18.4 Å². The fourth-order valence-corrected chi connectivity index (χ4v) is 3.51. The first-order valence-electron chi connectivity index (χ1n) is 8.70. The minimum Gasteiger partial charge on any atom is -0.507 e. The topological polar surface area (TPSA) is 122 Å². The number of anilines is 1. The minimum atomic E-state index is -3.54. The molecule has 0 aliphatic rings. The van der Waals surface area contributed by atoms with Gasteiger partial charge >= 0.3 is 0 Å². The molecule has 0 radical (unpaired) electrons. The van der Waals surface area contributed by atoms with Crippen molar-refractivity contribution in [2.24, 2.45) is 4.99 Å². The monoisotopic (exact) mass is 413 g/mol. The molecule has 3 aromatic carbocycles. The Morgan fingerprint density at radius 3 is 2.66 bits per heavy atom. The molecule has 0 saturated heterocycles. The van der Waals surface area contributed by atoms with E-state index in [4.69, 9.17) is 0 Å². The minimum absolute atomic E-state index is 0.112. The summed E-state index contributed by atoms with van der Waals surface area (Å²) in [4.78, 5) is 14.8. The number of aliphatic imine (C=N–C) groups is 1. The van der Waals surface area contributed by atoms with Gasteiger partial charge in [-0.2, -0.15) is 0 Å². The van der Waals surface area contributed by atoms with Crippen molar-refractivity contribution in [2.75, 3.05) is 24.7 Å². The zero-order chi connectivity index (χ0) is 21.0. The second-order valence-electron chi connectivity index (χ2n) is 6.39. The highest BCUT2D eigenvalue weighted by atomic mass is 32.2. The number of nitrogens with zero attached hydrogens (tertiary/aromatic N) is 2. The number of phenols is 1. The molecular formula is C20H19N3O5S. The Labute approximate surface area is 167 Å².